The van der Waals surface area contributed by atoms with E-state index in [0.29, 0.717) is 5.56 Å². The van der Waals surface area contributed by atoms with Gasteiger partial charge in [0.1, 0.15) is 0 Å². The lowest BCUT2D eigenvalue weighted by atomic mass is 10.1. The fraction of sp³-hybridized carbons (Fsp3) is 0.412. The van der Waals surface area contributed by atoms with E-state index in [9.17, 15) is 0 Å². The highest BCUT2D eigenvalue weighted by Gasteiger charge is 2.14. The Bertz CT molecular complexity index is 626. The van der Waals surface area contributed by atoms with E-state index in [1.165, 1.54) is 11.1 Å². The molecule has 0 aliphatic carbocycles. The summed E-state index contributed by atoms with van der Waals surface area (Å²) < 4.78 is 1.98. The summed E-state index contributed by atoms with van der Waals surface area (Å²) in [6, 6.07) is 10.1. The van der Waals surface area contributed by atoms with Crippen molar-refractivity contribution in [3.8, 4) is 6.07 Å². The van der Waals surface area contributed by atoms with E-state index >= 15 is 0 Å². The Kier molecular flexibility index (Phi) is 4.44. The molecule has 1 heterocycles. The van der Waals surface area contributed by atoms with Crippen LogP contribution in [0.15, 0.2) is 36.7 Å². The molecule has 0 radical (unpaired) electrons. The van der Waals surface area contributed by atoms with Gasteiger partial charge >= 0.3 is 0 Å². The summed E-state index contributed by atoms with van der Waals surface area (Å²) in [5, 5.41) is 16.7. The van der Waals surface area contributed by atoms with Crippen LogP contribution in [0.1, 0.15) is 50.4 Å². The van der Waals surface area contributed by atoms with Crippen LogP contribution in [-0.2, 0) is 12.1 Å². The van der Waals surface area contributed by atoms with Crippen LogP contribution < -0.4 is 5.32 Å². The largest absolute Gasteiger partial charge is 0.306 e. The van der Waals surface area contributed by atoms with Crippen LogP contribution in [-0.4, -0.2) is 9.78 Å². The average Bonchev–Trinajstić information content (AvgIpc) is 2.94. The molecule has 110 valence electrons. The average molecular weight is 282 g/mol. The van der Waals surface area contributed by atoms with Crippen molar-refractivity contribution in [3.05, 3.63) is 53.3 Å². The fourth-order valence-electron chi connectivity index (χ4n) is 2.05. The quantitative estimate of drug-likeness (QED) is 0.935. The summed E-state index contributed by atoms with van der Waals surface area (Å²) in [5.74, 6) is 0. The third-order valence-electron chi connectivity index (χ3n) is 3.48. The van der Waals surface area contributed by atoms with Crippen molar-refractivity contribution >= 4 is 0 Å². The molecule has 0 fully saturated rings. The standard InChI is InChI=1S/C17H22N4/c1-13(16-7-5-14(9-18)6-8-16)19-10-15-11-20-21(12-15)17(2,3)4/h5-8,11-13,19H,10H2,1-4H3. The van der Waals surface area contributed by atoms with Gasteiger partial charge in [0.15, 0.2) is 0 Å². The Hall–Kier alpha value is -2.12. The van der Waals surface area contributed by atoms with E-state index in [1.807, 2.05) is 35.1 Å². The zero-order valence-corrected chi connectivity index (χ0v) is 13.1. The Morgan fingerprint density at radius 1 is 1.29 bits per heavy atom. The highest BCUT2D eigenvalue weighted by Crippen LogP contribution is 2.16. The SMILES string of the molecule is CC(NCc1cnn(C(C)(C)C)c1)c1ccc(C#N)cc1. The lowest BCUT2D eigenvalue weighted by Gasteiger charge is -2.18. The molecular formula is C17H22N4. The minimum Gasteiger partial charge on any atom is -0.306 e. The first kappa shape index (κ1) is 15.3. The molecule has 1 N–H and O–H groups in total. The van der Waals surface area contributed by atoms with Crippen molar-refractivity contribution in [3.63, 3.8) is 0 Å². The van der Waals surface area contributed by atoms with Crippen LogP contribution in [0.25, 0.3) is 0 Å². The Labute approximate surface area is 126 Å². The van der Waals surface area contributed by atoms with Gasteiger partial charge in [0, 0.05) is 24.3 Å². The summed E-state index contributed by atoms with van der Waals surface area (Å²) >= 11 is 0. The van der Waals surface area contributed by atoms with Gasteiger partial charge < -0.3 is 5.32 Å². The molecule has 4 nitrogen and oxygen atoms in total. The predicted molar refractivity (Wildman–Crippen MR) is 83.6 cm³/mol. The molecule has 1 atom stereocenters. The molecule has 2 aromatic rings. The molecule has 0 amide bonds. The third kappa shape index (κ3) is 3.93. The van der Waals surface area contributed by atoms with Crippen LogP contribution in [0, 0.1) is 11.3 Å². The molecule has 0 bridgehead atoms. The van der Waals surface area contributed by atoms with E-state index in [0.717, 1.165) is 6.54 Å². The van der Waals surface area contributed by atoms with E-state index in [-0.39, 0.29) is 11.6 Å². The van der Waals surface area contributed by atoms with E-state index in [1.54, 1.807) is 0 Å². The molecule has 0 aliphatic rings. The first-order valence-electron chi connectivity index (χ1n) is 7.17. The number of benzene rings is 1. The summed E-state index contributed by atoms with van der Waals surface area (Å²) in [4.78, 5) is 0. The number of nitrogens with one attached hydrogen (secondary N) is 1. The zero-order valence-electron chi connectivity index (χ0n) is 13.1. The summed E-state index contributed by atoms with van der Waals surface area (Å²) in [6.45, 7) is 9.30. The molecule has 1 unspecified atom stereocenters. The normalized spacial score (nSPS) is 12.9. The maximum atomic E-state index is 8.81. The molecule has 0 spiro atoms. The maximum Gasteiger partial charge on any atom is 0.0991 e. The lowest BCUT2D eigenvalue weighted by molar-refractivity contribution is 0.355. The van der Waals surface area contributed by atoms with Crippen LogP contribution in [0.2, 0.25) is 0 Å². The third-order valence-corrected chi connectivity index (χ3v) is 3.48. The number of nitriles is 1. The highest BCUT2D eigenvalue weighted by atomic mass is 15.3. The molecule has 0 aliphatic heterocycles. The number of rotatable bonds is 4. The van der Waals surface area contributed by atoms with Gasteiger partial charge in [-0.1, -0.05) is 12.1 Å². The molecule has 1 aromatic carbocycles. The summed E-state index contributed by atoms with van der Waals surface area (Å²) in [7, 11) is 0. The maximum absolute atomic E-state index is 8.81. The van der Waals surface area contributed by atoms with Crippen molar-refractivity contribution in [2.75, 3.05) is 0 Å². The first-order valence-corrected chi connectivity index (χ1v) is 7.17. The highest BCUT2D eigenvalue weighted by molar-refractivity contribution is 5.32. The molecule has 2 rings (SSSR count). The van der Waals surface area contributed by atoms with Crippen molar-refractivity contribution in [1.29, 1.82) is 5.26 Å². The predicted octanol–water partition coefficient (Wildman–Crippen LogP) is 3.36. The van der Waals surface area contributed by atoms with Crippen molar-refractivity contribution < 1.29 is 0 Å². The molecule has 4 heteroatoms. The van der Waals surface area contributed by atoms with Crippen molar-refractivity contribution in [1.82, 2.24) is 15.1 Å². The second kappa shape index (κ2) is 6.11. The molecule has 21 heavy (non-hydrogen) atoms. The number of aromatic nitrogens is 2. The van der Waals surface area contributed by atoms with E-state index < -0.39 is 0 Å². The van der Waals surface area contributed by atoms with Gasteiger partial charge in [-0.25, -0.2) is 0 Å². The molecule has 1 aromatic heterocycles. The van der Waals surface area contributed by atoms with Crippen LogP contribution in [0.4, 0.5) is 0 Å². The van der Waals surface area contributed by atoms with Crippen molar-refractivity contribution in [2.24, 2.45) is 0 Å². The number of hydrogen-bond donors (Lipinski definition) is 1. The van der Waals surface area contributed by atoms with Gasteiger partial charge in [-0.2, -0.15) is 10.4 Å². The van der Waals surface area contributed by atoms with Gasteiger partial charge in [-0.05, 0) is 45.4 Å². The zero-order chi connectivity index (χ0) is 15.5. The number of nitrogens with zero attached hydrogens (tertiary/aromatic N) is 3. The van der Waals surface area contributed by atoms with Crippen LogP contribution in [0.3, 0.4) is 0 Å². The number of hydrogen-bond acceptors (Lipinski definition) is 3. The fourth-order valence-corrected chi connectivity index (χ4v) is 2.05. The monoisotopic (exact) mass is 282 g/mol. The van der Waals surface area contributed by atoms with Gasteiger partial charge in [0.05, 0.1) is 23.4 Å². The summed E-state index contributed by atoms with van der Waals surface area (Å²) in [6.07, 6.45) is 3.99. The van der Waals surface area contributed by atoms with Gasteiger partial charge in [-0.15, -0.1) is 0 Å². The lowest BCUT2D eigenvalue weighted by Crippen LogP contribution is -2.22. The topological polar surface area (TPSA) is 53.6 Å². The second-order valence-electron chi connectivity index (χ2n) is 6.30. The van der Waals surface area contributed by atoms with E-state index in [2.05, 4.69) is 50.4 Å². The van der Waals surface area contributed by atoms with Crippen LogP contribution >= 0.6 is 0 Å². The molecular weight excluding hydrogens is 260 g/mol. The van der Waals surface area contributed by atoms with Gasteiger partial charge in [-0.3, -0.25) is 4.68 Å². The smallest absolute Gasteiger partial charge is 0.0991 e. The molecule has 0 saturated carbocycles. The second-order valence-corrected chi connectivity index (χ2v) is 6.30. The van der Waals surface area contributed by atoms with Crippen molar-refractivity contribution in [2.45, 2.75) is 45.8 Å². The Morgan fingerprint density at radius 3 is 2.48 bits per heavy atom. The summed E-state index contributed by atoms with van der Waals surface area (Å²) in [5.41, 5.74) is 3.05. The van der Waals surface area contributed by atoms with E-state index in [4.69, 9.17) is 5.26 Å². The molecule has 0 saturated heterocycles. The van der Waals surface area contributed by atoms with Gasteiger partial charge in [0.25, 0.3) is 0 Å². The first-order chi connectivity index (χ1) is 9.90. The Morgan fingerprint density at radius 2 is 1.95 bits per heavy atom. The van der Waals surface area contributed by atoms with Gasteiger partial charge in [0.2, 0.25) is 0 Å². The minimum absolute atomic E-state index is 0.0109. The van der Waals surface area contributed by atoms with Crippen LogP contribution in [0.5, 0.6) is 0 Å². The minimum atomic E-state index is 0.0109. The Balaban J connectivity index is 1.96.